The van der Waals surface area contributed by atoms with Crippen molar-refractivity contribution in [2.24, 2.45) is 5.92 Å². The predicted octanol–water partition coefficient (Wildman–Crippen LogP) is 4.87. The topological polar surface area (TPSA) is 367 Å². The Morgan fingerprint density at radius 3 is 0.932 bits per heavy atom. The van der Waals surface area contributed by atoms with E-state index in [-0.39, 0.29) is 50.4 Å². The molecule has 0 spiro atoms. The molecule has 3 aromatic carbocycles. The van der Waals surface area contributed by atoms with Gasteiger partial charge in [-0.1, -0.05) is 74.5 Å². The molecule has 0 aliphatic heterocycles. The SMILES string of the molecule is COCCOCCOCCOCCOCCOCCOCCOCCOCCOCCOCCOCCOCCOCCOCCOCCOCCOCCOCCOCCOCCOCCOCCOCCC(=O)NCCCC[C@H](NC(=O)[C@@H](NC(=O)OCC1c2ccccc2-c2ccccc21)C(C)C)C(=O)Nc1ccc(CO)cc1. The first-order valence-corrected chi connectivity index (χ1v) is 41.2. The lowest BCUT2D eigenvalue weighted by atomic mass is 9.98. The molecule has 3 aromatic rings. The highest BCUT2D eigenvalue weighted by Crippen LogP contribution is 2.44. The standard InChI is InChI=1S/C83H138N4O30/c1-70(2)80(87-83(92)117-69-77-75-12-6-4-10-73(75)74-11-5-7-13-76(74)77)82(91)86-78(81(90)85-72-17-15-71(68-88)16-18-72)14-8-9-20-84-79(89)19-21-94-24-25-96-28-29-98-32-33-100-36-37-102-40-41-104-44-45-106-48-49-108-52-53-110-56-57-112-60-61-114-64-65-116-67-66-115-63-62-113-59-58-111-55-54-109-51-50-107-47-46-105-43-42-103-39-38-101-35-34-99-31-30-97-27-26-95-23-22-93-3/h4-7,10-13,15-18,70,77-78,80,88H,8-9,14,19-69H2,1-3H3,(H,84,89)(H,85,90)(H,86,91)(H,87,92)/t78-,80-/m0/s1. The van der Waals surface area contributed by atoms with Crippen LogP contribution < -0.4 is 21.3 Å². The summed E-state index contributed by atoms with van der Waals surface area (Å²) in [4.78, 5) is 53.4. The van der Waals surface area contributed by atoms with Gasteiger partial charge in [0.05, 0.1) is 317 Å². The number of nitrogens with one attached hydrogen (secondary N) is 4. The maximum atomic E-state index is 13.9. The summed E-state index contributed by atoms with van der Waals surface area (Å²) < 4.78 is 138. The van der Waals surface area contributed by atoms with Gasteiger partial charge in [-0.25, -0.2) is 4.79 Å². The van der Waals surface area contributed by atoms with Crippen LogP contribution in [0, 0.1) is 5.92 Å². The third-order valence-electron chi connectivity index (χ3n) is 16.9. The van der Waals surface area contributed by atoms with Crippen LogP contribution >= 0.6 is 0 Å². The fraction of sp³-hybridized carbons (Fsp3) is 0.735. The summed E-state index contributed by atoms with van der Waals surface area (Å²) in [5.74, 6) is -1.68. The largest absolute Gasteiger partial charge is 0.449 e. The van der Waals surface area contributed by atoms with E-state index in [0.717, 1.165) is 22.3 Å². The first-order valence-electron chi connectivity index (χ1n) is 41.2. The second-order valence-electron chi connectivity index (χ2n) is 26.3. The van der Waals surface area contributed by atoms with Crippen LogP contribution in [0.5, 0.6) is 0 Å². The van der Waals surface area contributed by atoms with Gasteiger partial charge in [0.1, 0.15) is 18.7 Å². The van der Waals surface area contributed by atoms with E-state index < -0.39 is 30.0 Å². The number of rotatable bonds is 86. The van der Waals surface area contributed by atoms with Crippen molar-refractivity contribution in [3.63, 3.8) is 0 Å². The van der Waals surface area contributed by atoms with E-state index in [2.05, 4.69) is 33.4 Å². The third kappa shape index (κ3) is 57.3. The summed E-state index contributed by atoms with van der Waals surface area (Å²) in [6.45, 7) is 25.7. The lowest BCUT2D eigenvalue weighted by Gasteiger charge is -2.25. The van der Waals surface area contributed by atoms with E-state index in [1.165, 1.54) is 0 Å². The highest BCUT2D eigenvalue weighted by molar-refractivity contribution is 5.98. The van der Waals surface area contributed by atoms with Gasteiger partial charge in [-0.05, 0) is 65.1 Å². The number of anilines is 1. The zero-order valence-electron chi connectivity index (χ0n) is 69.7. The fourth-order valence-electron chi connectivity index (χ4n) is 10.8. The summed E-state index contributed by atoms with van der Waals surface area (Å²) in [5.41, 5.74) is 5.49. The molecule has 670 valence electrons. The molecule has 0 heterocycles. The smallest absolute Gasteiger partial charge is 0.407 e. The normalized spacial score (nSPS) is 12.5. The van der Waals surface area contributed by atoms with Crippen molar-refractivity contribution in [2.45, 2.75) is 64.1 Å². The first-order chi connectivity index (χ1) is 57.7. The van der Waals surface area contributed by atoms with Crippen LogP contribution in [0.3, 0.4) is 0 Å². The Morgan fingerprint density at radius 1 is 0.350 bits per heavy atom. The van der Waals surface area contributed by atoms with Gasteiger partial charge in [0.2, 0.25) is 17.7 Å². The summed E-state index contributed by atoms with van der Waals surface area (Å²) in [7, 11) is 1.64. The fourth-order valence-corrected chi connectivity index (χ4v) is 10.8. The molecule has 117 heavy (non-hydrogen) atoms. The van der Waals surface area contributed by atoms with Crippen molar-refractivity contribution < 1.29 is 143 Å². The second-order valence-corrected chi connectivity index (χ2v) is 26.3. The number of alkyl carbamates (subject to hydrolysis) is 1. The van der Waals surface area contributed by atoms with Crippen molar-refractivity contribution in [3.05, 3.63) is 89.5 Å². The van der Waals surface area contributed by atoms with E-state index in [0.29, 0.717) is 335 Å². The lowest BCUT2D eigenvalue weighted by Crippen LogP contribution is -2.54. The molecular formula is C83H138N4O30. The van der Waals surface area contributed by atoms with Crippen molar-refractivity contribution in [3.8, 4) is 11.1 Å². The maximum Gasteiger partial charge on any atom is 0.407 e. The lowest BCUT2D eigenvalue weighted by molar-refractivity contribution is -0.128. The monoisotopic (exact) mass is 1670 g/mol. The van der Waals surface area contributed by atoms with E-state index in [1.807, 2.05) is 36.4 Å². The summed E-state index contributed by atoms with van der Waals surface area (Å²) >= 11 is 0. The molecule has 2 atom stereocenters. The van der Waals surface area contributed by atoms with Gasteiger partial charge in [-0.2, -0.15) is 0 Å². The molecule has 1 aliphatic rings. The highest BCUT2D eigenvalue weighted by atomic mass is 16.6. The second kappa shape index (κ2) is 76.5. The van der Waals surface area contributed by atoms with Gasteiger partial charge in [0.15, 0.2) is 0 Å². The van der Waals surface area contributed by atoms with Crippen molar-refractivity contribution >= 4 is 29.5 Å². The summed E-state index contributed by atoms with van der Waals surface area (Å²) in [5, 5.41) is 20.8. The number of aliphatic hydroxyl groups is 1. The molecule has 0 unspecified atom stereocenters. The van der Waals surface area contributed by atoms with Crippen LogP contribution in [0.4, 0.5) is 10.5 Å². The number of ether oxygens (including phenoxy) is 25. The maximum absolute atomic E-state index is 13.9. The highest BCUT2D eigenvalue weighted by Gasteiger charge is 2.32. The zero-order valence-corrected chi connectivity index (χ0v) is 69.7. The molecule has 1 aliphatic carbocycles. The van der Waals surface area contributed by atoms with E-state index in [1.54, 1.807) is 45.2 Å². The van der Waals surface area contributed by atoms with Crippen LogP contribution in [-0.2, 0) is 139 Å². The van der Waals surface area contributed by atoms with Crippen LogP contribution in [0.1, 0.15) is 62.1 Å². The number of amides is 4. The number of hydrogen-bond acceptors (Lipinski definition) is 30. The van der Waals surface area contributed by atoms with Crippen molar-refractivity contribution in [2.75, 3.05) is 336 Å². The number of unbranched alkanes of at least 4 members (excludes halogenated alkanes) is 1. The molecule has 0 saturated carbocycles. The molecule has 0 radical (unpaired) electrons. The van der Waals surface area contributed by atoms with Crippen molar-refractivity contribution in [1.29, 1.82) is 0 Å². The number of carbonyl (C=O) groups is 4. The average Bonchev–Trinajstić information content (AvgIpc) is 1.62. The predicted molar refractivity (Wildman–Crippen MR) is 432 cm³/mol. The Bertz CT molecular complexity index is 2760. The van der Waals surface area contributed by atoms with Gasteiger partial charge in [0, 0.05) is 31.7 Å². The Kier molecular flexibility index (Phi) is 67.8. The van der Waals surface area contributed by atoms with E-state index >= 15 is 0 Å². The number of methoxy groups -OCH3 is 1. The van der Waals surface area contributed by atoms with Crippen molar-refractivity contribution in [1.82, 2.24) is 16.0 Å². The van der Waals surface area contributed by atoms with Crippen LogP contribution in [-0.4, -0.2) is 372 Å². The average molecular weight is 1670 g/mol. The molecule has 0 aromatic heterocycles. The molecule has 0 saturated heterocycles. The van der Waals surface area contributed by atoms with Crippen LogP contribution in [0.2, 0.25) is 0 Å². The van der Waals surface area contributed by atoms with Crippen LogP contribution in [0.15, 0.2) is 72.8 Å². The minimum Gasteiger partial charge on any atom is -0.449 e. The molecule has 0 bridgehead atoms. The van der Waals surface area contributed by atoms with E-state index in [4.69, 9.17) is 118 Å². The van der Waals surface area contributed by atoms with Crippen LogP contribution in [0.25, 0.3) is 11.1 Å². The molecule has 0 fully saturated rings. The molecule has 4 amide bonds. The number of carbonyl (C=O) groups excluding carboxylic acids is 4. The molecule has 34 heteroatoms. The number of aliphatic hydroxyl groups excluding tert-OH is 1. The van der Waals surface area contributed by atoms with Gasteiger partial charge in [0.25, 0.3) is 0 Å². The molecule has 5 N–H and O–H groups in total. The minimum atomic E-state index is -1.00. The Labute approximate surface area is 692 Å². The Hall–Kier alpha value is -5.66. The zero-order chi connectivity index (χ0) is 83.3. The summed E-state index contributed by atoms with van der Waals surface area (Å²) in [6, 6.07) is 20.8. The van der Waals surface area contributed by atoms with Gasteiger partial charge >= 0.3 is 6.09 Å². The molecule has 4 rings (SSSR count). The third-order valence-corrected chi connectivity index (χ3v) is 16.9. The molecular weight excluding hydrogens is 1530 g/mol. The first kappa shape index (κ1) is 104. The van der Waals surface area contributed by atoms with E-state index in [9.17, 15) is 24.3 Å². The molecule has 34 nitrogen and oxygen atoms in total. The number of fused-ring (bicyclic) bond motifs is 3. The summed E-state index contributed by atoms with van der Waals surface area (Å²) in [6.07, 6.45) is 0.684. The quantitative estimate of drug-likeness (QED) is 0.0470. The number of benzene rings is 3. The Balaban J connectivity index is 0.782. The number of hydrogen-bond donors (Lipinski definition) is 5. The minimum absolute atomic E-state index is 0.0787. The van der Waals surface area contributed by atoms with Gasteiger partial charge < -0.3 is 145 Å². The van der Waals surface area contributed by atoms with Gasteiger partial charge in [-0.15, -0.1) is 0 Å². The van der Waals surface area contributed by atoms with Gasteiger partial charge in [-0.3, -0.25) is 14.4 Å². The Morgan fingerprint density at radius 2 is 0.641 bits per heavy atom.